The van der Waals surface area contributed by atoms with Crippen molar-refractivity contribution in [3.63, 3.8) is 0 Å². The third-order valence-electron chi connectivity index (χ3n) is 3.64. The van der Waals surface area contributed by atoms with E-state index in [9.17, 15) is 4.79 Å². The average Bonchev–Trinajstić information content (AvgIpc) is 3.18. The Labute approximate surface area is 130 Å². The second-order valence-corrected chi connectivity index (χ2v) is 5.92. The molecule has 0 saturated carbocycles. The molecular weight excluding hydrogens is 296 g/mol. The number of aromatic nitrogens is 2. The molecule has 0 aliphatic carbocycles. The lowest BCUT2D eigenvalue weighted by atomic mass is 10.0. The summed E-state index contributed by atoms with van der Waals surface area (Å²) in [6, 6.07) is 18.1. The molecule has 0 amide bonds. The van der Waals surface area contributed by atoms with Gasteiger partial charge in [0.15, 0.2) is 5.82 Å². The molecule has 0 unspecified atom stereocenters. The Morgan fingerprint density at radius 3 is 2.77 bits per heavy atom. The van der Waals surface area contributed by atoms with Gasteiger partial charge in [-0.2, -0.15) is 0 Å². The molecule has 0 aliphatic rings. The fourth-order valence-corrected chi connectivity index (χ4v) is 3.30. The van der Waals surface area contributed by atoms with Gasteiger partial charge in [-0.15, -0.1) is 11.3 Å². The molecule has 4 nitrogen and oxygen atoms in total. The van der Waals surface area contributed by atoms with E-state index in [0.29, 0.717) is 12.4 Å². The van der Waals surface area contributed by atoms with Gasteiger partial charge < -0.3 is 0 Å². The number of fused-ring (bicyclic) bond motifs is 1. The van der Waals surface area contributed by atoms with E-state index in [1.165, 1.54) is 11.3 Å². The van der Waals surface area contributed by atoms with E-state index in [-0.39, 0.29) is 0 Å². The first-order chi connectivity index (χ1) is 10.8. The first kappa shape index (κ1) is 13.0. The number of hydrogen-bond donors (Lipinski definition) is 0. The van der Waals surface area contributed by atoms with Crippen molar-refractivity contribution in [1.82, 2.24) is 9.72 Å². The average molecular weight is 308 g/mol. The van der Waals surface area contributed by atoms with Crippen molar-refractivity contribution in [3.05, 3.63) is 76.1 Å². The minimum Gasteiger partial charge on any atom is -0.295 e. The van der Waals surface area contributed by atoms with Crippen LogP contribution in [0.5, 0.6) is 0 Å². The standard InChI is InChI=1S/C17H12N2O2S/c20-17-19(16(18-21-17)15-9-4-10-22-15)11-13-7-3-6-12-5-1-2-8-14(12)13/h1-10H,11H2. The first-order valence-corrected chi connectivity index (χ1v) is 7.78. The molecule has 22 heavy (non-hydrogen) atoms. The zero-order chi connectivity index (χ0) is 14.9. The van der Waals surface area contributed by atoms with Gasteiger partial charge in [0.05, 0.1) is 11.4 Å². The van der Waals surface area contributed by atoms with E-state index in [0.717, 1.165) is 21.2 Å². The Morgan fingerprint density at radius 1 is 1.05 bits per heavy atom. The molecule has 2 aromatic carbocycles. The number of thiophene rings is 1. The fourth-order valence-electron chi connectivity index (χ4n) is 2.59. The molecule has 4 rings (SSSR count). The normalized spacial score (nSPS) is 11.1. The molecule has 0 fully saturated rings. The van der Waals surface area contributed by atoms with Gasteiger partial charge in [0.1, 0.15) is 0 Å². The van der Waals surface area contributed by atoms with Crippen LogP contribution in [0.3, 0.4) is 0 Å². The second kappa shape index (κ2) is 5.27. The SMILES string of the molecule is O=c1onc(-c2cccs2)n1Cc1cccc2ccccc12. The number of rotatable bonds is 3. The third-order valence-corrected chi connectivity index (χ3v) is 4.50. The van der Waals surface area contributed by atoms with Gasteiger partial charge >= 0.3 is 5.76 Å². The van der Waals surface area contributed by atoms with Gasteiger partial charge in [0, 0.05) is 0 Å². The summed E-state index contributed by atoms with van der Waals surface area (Å²) < 4.78 is 6.44. The van der Waals surface area contributed by atoms with Crippen molar-refractivity contribution in [2.75, 3.05) is 0 Å². The summed E-state index contributed by atoms with van der Waals surface area (Å²) in [5.74, 6) is 0.143. The van der Waals surface area contributed by atoms with E-state index in [4.69, 9.17) is 4.52 Å². The largest absolute Gasteiger partial charge is 0.442 e. The lowest BCUT2D eigenvalue weighted by molar-refractivity contribution is 0.378. The molecule has 0 saturated heterocycles. The molecular formula is C17H12N2O2S. The van der Waals surface area contributed by atoms with Crippen LogP contribution in [-0.2, 0) is 6.54 Å². The number of nitrogens with zero attached hydrogens (tertiary/aromatic N) is 2. The molecule has 4 aromatic rings. The van der Waals surface area contributed by atoms with Crippen molar-refractivity contribution in [2.24, 2.45) is 0 Å². The highest BCUT2D eigenvalue weighted by Gasteiger charge is 2.14. The van der Waals surface area contributed by atoms with Crippen LogP contribution in [0.1, 0.15) is 5.56 Å². The van der Waals surface area contributed by atoms with Crippen LogP contribution >= 0.6 is 11.3 Å². The van der Waals surface area contributed by atoms with Crippen LogP contribution < -0.4 is 5.76 Å². The van der Waals surface area contributed by atoms with E-state index in [2.05, 4.69) is 23.4 Å². The summed E-state index contributed by atoms with van der Waals surface area (Å²) in [5, 5.41) is 8.16. The summed E-state index contributed by atoms with van der Waals surface area (Å²) >= 11 is 1.54. The highest BCUT2D eigenvalue weighted by Crippen LogP contribution is 2.24. The topological polar surface area (TPSA) is 48.0 Å². The minimum absolute atomic E-state index is 0.434. The van der Waals surface area contributed by atoms with Crippen molar-refractivity contribution in [1.29, 1.82) is 0 Å². The molecule has 2 heterocycles. The van der Waals surface area contributed by atoms with Gasteiger partial charge in [-0.05, 0) is 27.8 Å². The quantitative estimate of drug-likeness (QED) is 0.579. The summed E-state index contributed by atoms with van der Waals surface area (Å²) in [7, 11) is 0. The van der Waals surface area contributed by atoms with E-state index < -0.39 is 5.76 Å². The molecule has 0 N–H and O–H groups in total. The van der Waals surface area contributed by atoms with Gasteiger partial charge in [-0.1, -0.05) is 53.7 Å². The van der Waals surface area contributed by atoms with Gasteiger partial charge in [0.2, 0.25) is 0 Å². The lowest BCUT2D eigenvalue weighted by Gasteiger charge is -2.07. The maximum absolute atomic E-state index is 12.0. The van der Waals surface area contributed by atoms with E-state index >= 15 is 0 Å². The molecule has 5 heteroatoms. The number of benzene rings is 2. The highest BCUT2D eigenvalue weighted by atomic mass is 32.1. The molecule has 0 bridgehead atoms. The van der Waals surface area contributed by atoms with Crippen LogP contribution in [0.4, 0.5) is 0 Å². The predicted octanol–water partition coefficient (Wildman–Crippen LogP) is 3.77. The molecule has 0 radical (unpaired) electrons. The monoisotopic (exact) mass is 308 g/mol. The Kier molecular flexibility index (Phi) is 3.12. The van der Waals surface area contributed by atoms with Gasteiger partial charge in [-0.3, -0.25) is 9.09 Å². The Balaban J connectivity index is 1.84. The zero-order valence-electron chi connectivity index (χ0n) is 11.6. The summed E-state index contributed by atoms with van der Waals surface area (Å²) in [6.07, 6.45) is 0. The van der Waals surface area contributed by atoms with Crippen molar-refractivity contribution < 1.29 is 4.52 Å². The number of hydrogen-bond acceptors (Lipinski definition) is 4. The van der Waals surface area contributed by atoms with Gasteiger partial charge in [-0.25, -0.2) is 4.79 Å². The van der Waals surface area contributed by atoms with E-state index in [1.807, 2.05) is 41.8 Å². The molecule has 0 aliphatic heterocycles. The van der Waals surface area contributed by atoms with Crippen LogP contribution in [0.2, 0.25) is 0 Å². The first-order valence-electron chi connectivity index (χ1n) is 6.90. The second-order valence-electron chi connectivity index (χ2n) is 4.97. The predicted molar refractivity (Wildman–Crippen MR) is 87.1 cm³/mol. The Morgan fingerprint density at radius 2 is 1.91 bits per heavy atom. The van der Waals surface area contributed by atoms with Crippen molar-refractivity contribution >= 4 is 22.1 Å². The Hall–Kier alpha value is -2.66. The summed E-state index contributed by atoms with van der Waals surface area (Å²) in [6.45, 7) is 0.441. The van der Waals surface area contributed by atoms with Crippen LogP contribution in [0, 0.1) is 0 Å². The minimum atomic E-state index is -0.434. The maximum Gasteiger partial charge on any atom is 0.442 e. The third kappa shape index (κ3) is 2.16. The molecule has 108 valence electrons. The fraction of sp³-hybridized carbons (Fsp3) is 0.0588. The highest BCUT2D eigenvalue weighted by molar-refractivity contribution is 7.13. The van der Waals surface area contributed by atoms with Gasteiger partial charge in [0.25, 0.3) is 0 Å². The molecule has 0 spiro atoms. The van der Waals surface area contributed by atoms with Crippen LogP contribution in [0.25, 0.3) is 21.5 Å². The van der Waals surface area contributed by atoms with E-state index in [1.54, 1.807) is 4.57 Å². The van der Waals surface area contributed by atoms with Crippen molar-refractivity contribution in [3.8, 4) is 10.7 Å². The van der Waals surface area contributed by atoms with Crippen LogP contribution in [-0.4, -0.2) is 9.72 Å². The van der Waals surface area contributed by atoms with Crippen molar-refractivity contribution in [2.45, 2.75) is 6.54 Å². The maximum atomic E-state index is 12.0. The summed E-state index contributed by atoms with van der Waals surface area (Å²) in [4.78, 5) is 12.9. The summed E-state index contributed by atoms with van der Waals surface area (Å²) in [5.41, 5.74) is 1.07. The zero-order valence-corrected chi connectivity index (χ0v) is 12.4. The van der Waals surface area contributed by atoms with Crippen LogP contribution in [0.15, 0.2) is 69.3 Å². The smallest absolute Gasteiger partial charge is 0.295 e. The Bertz CT molecular complexity index is 978. The molecule has 2 aromatic heterocycles. The molecule has 0 atom stereocenters. The lowest BCUT2D eigenvalue weighted by Crippen LogP contribution is -2.16.